The molecular formula is C17H16BrCl2N. The molecule has 1 nitrogen and oxygen atoms in total. The first-order chi connectivity index (χ1) is 10.1. The van der Waals surface area contributed by atoms with Crippen LogP contribution >= 0.6 is 39.1 Å². The predicted octanol–water partition coefficient (Wildman–Crippen LogP) is 6.09. The number of rotatable bonds is 3. The van der Waals surface area contributed by atoms with E-state index in [2.05, 4.69) is 46.4 Å². The molecule has 0 amide bonds. The monoisotopic (exact) mass is 383 g/mol. The van der Waals surface area contributed by atoms with Gasteiger partial charge in [-0.1, -0.05) is 57.3 Å². The van der Waals surface area contributed by atoms with E-state index in [1.54, 1.807) is 0 Å². The first-order valence-corrected chi connectivity index (χ1v) is 8.59. The van der Waals surface area contributed by atoms with E-state index in [4.69, 9.17) is 23.2 Å². The zero-order valence-electron chi connectivity index (χ0n) is 11.7. The third kappa shape index (κ3) is 3.14. The smallest absolute Gasteiger partial charge is 0.0595 e. The molecule has 1 N–H and O–H groups in total. The van der Waals surface area contributed by atoms with Crippen molar-refractivity contribution in [1.29, 1.82) is 0 Å². The van der Waals surface area contributed by atoms with Gasteiger partial charge in [0, 0.05) is 16.6 Å². The molecule has 3 rings (SSSR count). The van der Waals surface area contributed by atoms with Crippen molar-refractivity contribution in [2.24, 2.45) is 0 Å². The standard InChI is InChI=1S/C17H16BrCl2N/c1-10(11-5-7-15(19)16(20)9-11)21-17-8-6-12-13(17)3-2-4-14(12)18/h2-5,7,9-10,17,21H,6,8H2,1H3. The van der Waals surface area contributed by atoms with Crippen LogP contribution in [-0.2, 0) is 6.42 Å². The van der Waals surface area contributed by atoms with Crippen molar-refractivity contribution >= 4 is 39.1 Å². The molecule has 21 heavy (non-hydrogen) atoms. The summed E-state index contributed by atoms with van der Waals surface area (Å²) in [6.07, 6.45) is 2.24. The van der Waals surface area contributed by atoms with Gasteiger partial charge in [0.05, 0.1) is 10.0 Å². The highest BCUT2D eigenvalue weighted by atomic mass is 79.9. The molecule has 0 saturated carbocycles. The summed E-state index contributed by atoms with van der Waals surface area (Å²) in [6, 6.07) is 12.9. The molecule has 0 radical (unpaired) electrons. The van der Waals surface area contributed by atoms with Gasteiger partial charge in [-0.25, -0.2) is 0 Å². The molecule has 0 fully saturated rings. The van der Waals surface area contributed by atoms with Crippen LogP contribution in [0.15, 0.2) is 40.9 Å². The average Bonchev–Trinajstić information content (AvgIpc) is 2.86. The minimum Gasteiger partial charge on any atom is -0.303 e. The first-order valence-electron chi connectivity index (χ1n) is 7.04. The molecule has 0 spiro atoms. The summed E-state index contributed by atoms with van der Waals surface area (Å²) in [7, 11) is 0. The summed E-state index contributed by atoms with van der Waals surface area (Å²) >= 11 is 15.7. The van der Waals surface area contributed by atoms with Gasteiger partial charge in [-0.3, -0.25) is 0 Å². The van der Waals surface area contributed by atoms with E-state index in [9.17, 15) is 0 Å². The number of hydrogen-bond acceptors (Lipinski definition) is 1. The Morgan fingerprint density at radius 3 is 2.76 bits per heavy atom. The van der Waals surface area contributed by atoms with Crippen LogP contribution in [0.25, 0.3) is 0 Å². The van der Waals surface area contributed by atoms with Gasteiger partial charge in [0.1, 0.15) is 0 Å². The van der Waals surface area contributed by atoms with Gasteiger partial charge in [-0.05, 0) is 54.7 Å². The van der Waals surface area contributed by atoms with Crippen LogP contribution in [0.4, 0.5) is 0 Å². The zero-order chi connectivity index (χ0) is 15.0. The van der Waals surface area contributed by atoms with Crippen molar-refractivity contribution in [2.45, 2.75) is 31.8 Å². The molecule has 0 saturated heterocycles. The Kier molecular flexibility index (Phi) is 4.60. The second kappa shape index (κ2) is 6.29. The predicted molar refractivity (Wildman–Crippen MR) is 93.2 cm³/mol. The van der Waals surface area contributed by atoms with E-state index in [0.717, 1.165) is 18.4 Å². The Labute approximate surface area is 143 Å². The van der Waals surface area contributed by atoms with E-state index >= 15 is 0 Å². The van der Waals surface area contributed by atoms with Crippen LogP contribution in [0.5, 0.6) is 0 Å². The highest BCUT2D eigenvalue weighted by Crippen LogP contribution is 2.37. The molecule has 4 heteroatoms. The van der Waals surface area contributed by atoms with Crippen LogP contribution in [0, 0.1) is 0 Å². The summed E-state index contributed by atoms with van der Waals surface area (Å²) in [4.78, 5) is 0. The first kappa shape index (κ1) is 15.4. The normalized spacial score (nSPS) is 18.6. The summed E-state index contributed by atoms with van der Waals surface area (Å²) in [5, 5.41) is 4.91. The van der Waals surface area contributed by atoms with Crippen LogP contribution < -0.4 is 5.32 Å². The highest BCUT2D eigenvalue weighted by molar-refractivity contribution is 9.10. The molecule has 1 aliphatic carbocycles. The fraction of sp³-hybridized carbons (Fsp3) is 0.294. The molecule has 2 unspecified atom stereocenters. The number of halogens is 3. The van der Waals surface area contributed by atoms with E-state index < -0.39 is 0 Å². The molecular weight excluding hydrogens is 369 g/mol. The van der Waals surface area contributed by atoms with Crippen LogP contribution in [-0.4, -0.2) is 0 Å². The maximum absolute atomic E-state index is 6.11. The molecule has 0 aromatic heterocycles. The van der Waals surface area contributed by atoms with Crippen molar-refractivity contribution in [3.05, 3.63) is 67.6 Å². The molecule has 110 valence electrons. The van der Waals surface area contributed by atoms with Gasteiger partial charge in [0.2, 0.25) is 0 Å². The Hall–Kier alpha value is -0.540. The fourth-order valence-corrected chi connectivity index (χ4v) is 3.85. The molecule has 0 bridgehead atoms. The lowest BCUT2D eigenvalue weighted by atomic mass is 10.0. The van der Waals surface area contributed by atoms with Gasteiger partial charge in [0.15, 0.2) is 0 Å². The highest BCUT2D eigenvalue weighted by Gasteiger charge is 2.25. The van der Waals surface area contributed by atoms with E-state index in [1.165, 1.54) is 15.6 Å². The number of benzene rings is 2. The molecule has 0 heterocycles. The van der Waals surface area contributed by atoms with Gasteiger partial charge in [-0.15, -0.1) is 0 Å². The number of nitrogens with one attached hydrogen (secondary N) is 1. The summed E-state index contributed by atoms with van der Waals surface area (Å²) < 4.78 is 1.21. The zero-order valence-corrected chi connectivity index (χ0v) is 14.8. The molecule has 2 aromatic rings. The third-order valence-corrected chi connectivity index (χ3v) is 5.59. The lowest BCUT2D eigenvalue weighted by Crippen LogP contribution is -2.23. The van der Waals surface area contributed by atoms with Crippen molar-refractivity contribution in [3.63, 3.8) is 0 Å². The third-order valence-electron chi connectivity index (χ3n) is 4.11. The fourth-order valence-electron chi connectivity index (χ4n) is 2.96. The largest absolute Gasteiger partial charge is 0.303 e. The second-order valence-electron chi connectivity index (χ2n) is 5.46. The van der Waals surface area contributed by atoms with E-state index in [0.29, 0.717) is 16.1 Å². The molecule has 1 aliphatic rings. The van der Waals surface area contributed by atoms with Gasteiger partial charge < -0.3 is 5.32 Å². The minimum absolute atomic E-state index is 0.231. The van der Waals surface area contributed by atoms with Gasteiger partial charge in [-0.2, -0.15) is 0 Å². The van der Waals surface area contributed by atoms with Crippen LogP contribution in [0.2, 0.25) is 10.0 Å². The van der Waals surface area contributed by atoms with Gasteiger partial charge >= 0.3 is 0 Å². The van der Waals surface area contributed by atoms with Crippen molar-refractivity contribution in [1.82, 2.24) is 5.32 Å². The summed E-state index contributed by atoms with van der Waals surface area (Å²) in [5.74, 6) is 0. The lowest BCUT2D eigenvalue weighted by Gasteiger charge is -2.21. The maximum atomic E-state index is 6.11. The van der Waals surface area contributed by atoms with Gasteiger partial charge in [0.25, 0.3) is 0 Å². The number of fused-ring (bicyclic) bond motifs is 1. The van der Waals surface area contributed by atoms with Crippen molar-refractivity contribution in [3.8, 4) is 0 Å². The molecule has 0 aliphatic heterocycles. The van der Waals surface area contributed by atoms with Crippen molar-refractivity contribution < 1.29 is 0 Å². The Bertz CT molecular complexity index is 672. The van der Waals surface area contributed by atoms with E-state index in [1.807, 2.05) is 18.2 Å². The SMILES string of the molecule is CC(NC1CCc2c(Br)cccc21)c1ccc(Cl)c(Cl)c1. The maximum Gasteiger partial charge on any atom is 0.0595 e. The van der Waals surface area contributed by atoms with Crippen LogP contribution in [0.1, 0.15) is 42.1 Å². The Morgan fingerprint density at radius 2 is 2.00 bits per heavy atom. The average molecular weight is 385 g/mol. The molecule has 2 atom stereocenters. The quantitative estimate of drug-likeness (QED) is 0.674. The minimum atomic E-state index is 0.231. The molecule has 2 aromatic carbocycles. The summed E-state index contributed by atoms with van der Waals surface area (Å²) in [6.45, 7) is 2.16. The topological polar surface area (TPSA) is 12.0 Å². The number of hydrogen-bond donors (Lipinski definition) is 1. The van der Waals surface area contributed by atoms with E-state index in [-0.39, 0.29) is 6.04 Å². The van der Waals surface area contributed by atoms with Crippen LogP contribution in [0.3, 0.4) is 0 Å². The lowest BCUT2D eigenvalue weighted by molar-refractivity contribution is 0.465. The Morgan fingerprint density at radius 1 is 1.19 bits per heavy atom. The Balaban J connectivity index is 1.79. The van der Waals surface area contributed by atoms with Crippen molar-refractivity contribution in [2.75, 3.05) is 0 Å². The second-order valence-corrected chi connectivity index (χ2v) is 7.13. The summed E-state index contributed by atoms with van der Waals surface area (Å²) in [5.41, 5.74) is 3.99.